The van der Waals surface area contributed by atoms with Crippen molar-refractivity contribution in [1.82, 2.24) is 0 Å². The standard InChI is InChI=1S/C7H16O4.C4H11N/c1-5-10-6(2)11-7(3,8)9-4;1-4(2,3)5/h6,8H,5H2,1-4H3;5H2,1-3H3. The van der Waals surface area contributed by atoms with Crippen molar-refractivity contribution in [3.8, 4) is 0 Å². The van der Waals surface area contributed by atoms with Crippen molar-refractivity contribution in [2.24, 2.45) is 5.73 Å². The lowest BCUT2D eigenvalue weighted by atomic mass is 10.1. The third-order valence-electron chi connectivity index (χ3n) is 1.16. The Balaban J connectivity index is 0. The molecule has 3 N–H and O–H groups in total. The van der Waals surface area contributed by atoms with E-state index in [9.17, 15) is 5.11 Å². The third kappa shape index (κ3) is 19.4. The zero-order chi connectivity index (χ0) is 13.4. The average Bonchev–Trinajstić information content (AvgIpc) is 2.00. The van der Waals surface area contributed by atoms with Gasteiger partial charge in [0.1, 0.15) is 0 Å². The Bertz CT molecular complexity index is 160. The van der Waals surface area contributed by atoms with Gasteiger partial charge in [0.05, 0.1) is 0 Å². The molecule has 0 saturated carbocycles. The highest BCUT2D eigenvalue weighted by Gasteiger charge is 2.22. The Morgan fingerprint density at radius 3 is 1.88 bits per heavy atom. The molecule has 5 nitrogen and oxygen atoms in total. The number of nitrogens with two attached hydrogens (primary N) is 1. The fourth-order valence-corrected chi connectivity index (χ4v) is 0.625. The summed E-state index contributed by atoms with van der Waals surface area (Å²) in [6, 6.07) is 0. The first-order chi connectivity index (χ1) is 7.02. The Kier molecular flexibility index (Phi) is 9.06. The van der Waals surface area contributed by atoms with Gasteiger partial charge in [-0.1, -0.05) is 0 Å². The molecule has 0 amide bonds. The van der Waals surface area contributed by atoms with Crippen LogP contribution < -0.4 is 5.73 Å². The Labute approximate surface area is 98.9 Å². The van der Waals surface area contributed by atoms with Crippen LogP contribution in [0.4, 0.5) is 0 Å². The molecule has 16 heavy (non-hydrogen) atoms. The summed E-state index contributed by atoms with van der Waals surface area (Å²) in [6.45, 7) is 11.4. The van der Waals surface area contributed by atoms with Gasteiger partial charge in [-0.15, -0.1) is 0 Å². The van der Waals surface area contributed by atoms with Crippen LogP contribution in [0.3, 0.4) is 0 Å². The first-order valence-corrected chi connectivity index (χ1v) is 5.37. The Morgan fingerprint density at radius 1 is 1.25 bits per heavy atom. The van der Waals surface area contributed by atoms with E-state index in [4.69, 9.17) is 15.2 Å². The van der Waals surface area contributed by atoms with Crippen LogP contribution in [0.15, 0.2) is 0 Å². The molecule has 0 aromatic carbocycles. The smallest absolute Gasteiger partial charge is 0.279 e. The second kappa shape index (κ2) is 7.97. The van der Waals surface area contributed by atoms with E-state index in [0.29, 0.717) is 6.61 Å². The van der Waals surface area contributed by atoms with Gasteiger partial charge >= 0.3 is 0 Å². The molecule has 5 heteroatoms. The van der Waals surface area contributed by atoms with Crippen LogP contribution in [0.2, 0.25) is 0 Å². The van der Waals surface area contributed by atoms with Gasteiger partial charge in [-0.2, -0.15) is 0 Å². The van der Waals surface area contributed by atoms with E-state index in [1.54, 1.807) is 6.92 Å². The summed E-state index contributed by atoms with van der Waals surface area (Å²) in [5, 5.41) is 9.20. The average molecular weight is 237 g/mol. The maximum atomic E-state index is 9.20. The normalized spacial score (nSPS) is 17.1. The van der Waals surface area contributed by atoms with Crippen LogP contribution in [0.5, 0.6) is 0 Å². The number of aliphatic hydroxyl groups is 1. The van der Waals surface area contributed by atoms with Crippen LogP contribution in [-0.2, 0) is 14.2 Å². The van der Waals surface area contributed by atoms with Gasteiger partial charge in [0.25, 0.3) is 5.97 Å². The second-order valence-corrected chi connectivity index (χ2v) is 4.61. The van der Waals surface area contributed by atoms with Crippen molar-refractivity contribution in [2.45, 2.75) is 59.3 Å². The van der Waals surface area contributed by atoms with Crippen molar-refractivity contribution in [3.63, 3.8) is 0 Å². The molecule has 100 valence electrons. The van der Waals surface area contributed by atoms with Gasteiger partial charge < -0.3 is 20.3 Å². The zero-order valence-electron chi connectivity index (χ0n) is 11.5. The molecule has 0 saturated heterocycles. The zero-order valence-corrected chi connectivity index (χ0v) is 11.5. The molecule has 2 atom stereocenters. The van der Waals surface area contributed by atoms with E-state index in [1.165, 1.54) is 14.0 Å². The molecular weight excluding hydrogens is 210 g/mol. The van der Waals surface area contributed by atoms with Crippen molar-refractivity contribution < 1.29 is 19.3 Å². The van der Waals surface area contributed by atoms with Crippen molar-refractivity contribution in [3.05, 3.63) is 0 Å². The SMILES string of the molecule is CC(C)(C)N.CCOC(C)OC(C)(O)OC. The Morgan fingerprint density at radius 2 is 1.62 bits per heavy atom. The molecule has 0 spiro atoms. The highest BCUT2D eigenvalue weighted by atomic mass is 16.9. The monoisotopic (exact) mass is 237 g/mol. The lowest BCUT2D eigenvalue weighted by Gasteiger charge is -2.25. The predicted octanol–water partition coefficient (Wildman–Crippen LogP) is 1.44. The van der Waals surface area contributed by atoms with Gasteiger partial charge in [0, 0.05) is 26.2 Å². The summed E-state index contributed by atoms with van der Waals surface area (Å²) in [5.74, 6) is -1.56. The highest BCUT2D eigenvalue weighted by Crippen LogP contribution is 2.09. The first kappa shape index (κ1) is 18.2. The van der Waals surface area contributed by atoms with Gasteiger partial charge in [-0.25, -0.2) is 0 Å². The molecule has 0 radical (unpaired) electrons. The van der Waals surface area contributed by atoms with E-state index >= 15 is 0 Å². The molecule has 0 aromatic rings. The molecular formula is C11H27NO4. The van der Waals surface area contributed by atoms with Crippen LogP contribution >= 0.6 is 0 Å². The number of hydrogen-bond donors (Lipinski definition) is 2. The number of methoxy groups -OCH3 is 1. The van der Waals surface area contributed by atoms with Gasteiger partial charge in [0.2, 0.25) is 0 Å². The predicted molar refractivity (Wildman–Crippen MR) is 63.7 cm³/mol. The fraction of sp³-hybridized carbons (Fsp3) is 1.00. The molecule has 0 aliphatic carbocycles. The van der Waals surface area contributed by atoms with E-state index in [-0.39, 0.29) is 5.54 Å². The largest absolute Gasteiger partial charge is 0.353 e. The summed E-state index contributed by atoms with van der Waals surface area (Å²) in [6.07, 6.45) is -0.463. The van der Waals surface area contributed by atoms with E-state index in [2.05, 4.69) is 4.74 Å². The summed E-state index contributed by atoms with van der Waals surface area (Å²) < 4.78 is 14.6. The molecule has 0 aliphatic rings. The summed E-state index contributed by atoms with van der Waals surface area (Å²) in [7, 11) is 1.36. The molecule has 0 rings (SSSR count). The van der Waals surface area contributed by atoms with Crippen molar-refractivity contribution >= 4 is 0 Å². The fourth-order valence-electron chi connectivity index (χ4n) is 0.625. The van der Waals surface area contributed by atoms with Crippen molar-refractivity contribution in [2.75, 3.05) is 13.7 Å². The third-order valence-corrected chi connectivity index (χ3v) is 1.16. The molecule has 0 bridgehead atoms. The molecule has 2 unspecified atom stereocenters. The van der Waals surface area contributed by atoms with E-state index in [1.807, 2.05) is 27.7 Å². The number of rotatable bonds is 5. The second-order valence-electron chi connectivity index (χ2n) is 4.61. The summed E-state index contributed by atoms with van der Waals surface area (Å²) in [4.78, 5) is 0. The van der Waals surface area contributed by atoms with Crippen LogP contribution in [0.1, 0.15) is 41.5 Å². The van der Waals surface area contributed by atoms with Crippen molar-refractivity contribution in [1.29, 1.82) is 0 Å². The first-order valence-electron chi connectivity index (χ1n) is 5.37. The molecule has 0 aromatic heterocycles. The van der Waals surface area contributed by atoms with Crippen LogP contribution in [0, 0.1) is 0 Å². The number of ether oxygens (including phenoxy) is 3. The lowest BCUT2D eigenvalue weighted by Crippen LogP contribution is -2.35. The van der Waals surface area contributed by atoms with Crippen LogP contribution in [-0.4, -0.2) is 36.6 Å². The molecule has 0 aliphatic heterocycles. The van der Waals surface area contributed by atoms with E-state index in [0.717, 1.165) is 0 Å². The van der Waals surface area contributed by atoms with Gasteiger partial charge in [-0.3, -0.25) is 4.74 Å². The lowest BCUT2D eigenvalue weighted by molar-refractivity contribution is -0.382. The summed E-state index contributed by atoms with van der Waals surface area (Å²) >= 11 is 0. The maximum absolute atomic E-state index is 9.20. The summed E-state index contributed by atoms with van der Waals surface area (Å²) in [5.41, 5.74) is 5.35. The topological polar surface area (TPSA) is 73.9 Å². The maximum Gasteiger partial charge on any atom is 0.279 e. The minimum absolute atomic E-state index is 0. The molecule has 0 fully saturated rings. The Hall–Kier alpha value is -0.200. The van der Waals surface area contributed by atoms with Gasteiger partial charge in [-0.05, 0) is 34.6 Å². The quantitative estimate of drug-likeness (QED) is 0.708. The number of hydrogen-bond acceptors (Lipinski definition) is 5. The molecule has 0 heterocycles. The highest BCUT2D eigenvalue weighted by molar-refractivity contribution is 4.60. The van der Waals surface area contributed by atoms with Gasteiger partial charge in [0.15, 0.2) is 6.29 Å². The van der Waals surface area contributed by atoms with E-state index < -0.39 is 12.3 Å². The van der Waals surface area contributed by atoms with Crippen LogP contribution in [0.25, 0.3) is 0 Å². The minimum Gasteiger partial charge on any atom is -0.353 e. The minimum atomic E-state index is -1.56.